The molecule has 1 atom stereocenters. The molecule has 1 aromatic carbocycles. The number of hydrogen-bond donors (Lipinski definition) is 2. The van der Waals surface area contributed by atoms with Crippen molar-refractivity contribution in [3.63, 3.8) is 0 Å². The number of anilines is 1. The van der Waals surface area contributed by atoms with Gasteiger partial charge < -0.3 is 10.1 Å². The third-order valence-electron chi connectivity index (χ3n) is 2.56. The first-order valence-electron chi connectivity index (χ1n) is 5.59. The smallest absolute Gasteiger partial charge is 0.237 e. The minimum absolute atomic E-state index is 0.0760. The van der Waals surface area contributed by atoms with Gasteiger partial charge in [-0.15, -0.1) is 0 Å². The summed E-state index contributed by atoms with van der Waals surface area (Å²) in [4.78, 5) is 11.8. The predicted molar refractivity (Wildman–Crippen MR) is 74.0 cm³/mol. The zero-order chi connectivity index (χ0) is 13.0. The van der Waals surface area contributed by atoms with Gasteiger partial charge in [-0.2, -0.15) is 12.6 Å². The van der Waals surface area contributed by atoms with Crippen LogP contribution in [0.4, 0.5) is 5.69 Å². The van der Waals surface area contributed by atoms with Crippen LogP contribution >= 0.6 is 12.6 Å². The highest BCUT2D eigenvalue weighted by Gasteiger charge is 2.17. The monoisotopic (exact) mass is 253 g/mol. The summed E-state index contributed by atoms with van der Waals surface area (Å²) in [6, 6.07) is 5.55. The SMILES string of the molecule is COc1ccc(NC(=O)C(S)C(C)C)cc1C. The summed E-state index contributed by atoms with van der Waals surface area (Å²) in [5.41, 5.74) is 1.76. The van der Waals surface area contributed by atoms with Crippen molar-refractivity contribution in [2.75, 3.05) is 12.4 Å². The molecule has 1 amide bonds. The molecule has 0 spiro atoms. The van der Waals surface area contributed by atoms with Crippen LogP contribution in [0.15, 0.2) is 18.2 Å². The number of rotatable bonds is 4. The molecular formula is C13H19NO2S. The molecule has 0 aliphatic heterocycles. The maximum Gasteiger partial charge on any atom is 0.237 e. The van der Waals surface area contributed by atoms with Gasteiger partial charge in [0, 0.05) is 5.69 Å². The summed E-state index contributed by atoms with van der Waals surface area (Å²) in [6.07, 6.45) is 0. The van der Waals surface area contributed by atoms with E-state index in [1.165, 1.54) is 0 Å². The highest BCUT2D eigenvalue weighted by molar-refractivity contribution is 7.81. The van der Waals surface area contributed by atoms with Gasteiger partial charge >= 0.3 is 0 Å². The van der Waals surface area contributed by atoms with Crippen LogP contribution in [0.5, 0.6) is 5.75 Å². The molecule has 4 heteroatoms. The number of aryl methyl sites for hydroxylation is 1. The Morgan fingerprint density at radius 3 is 2.53 bits per heavy atom. The Kier molecular flexibility index (Phi) is 4.87. The fourth-order valence-corrected chi connectivity index (χ4v) is 1.54. The van der Waals surface area contributed by atoms with Gasteiger partial charge in [0.1, 0.15) is 5.75 Å². The second-order valence-electron chi connectivity index (χ2n) is 4.36. The number of carbonyl (C=O) groups excluding carboxylic acids is 1. The van der Waals surface area contributed by atoms with E-state index in [1.807, 2.05) is 39.0 Å². The first kappa shape index (κ1) is 13.9. The first-order chi connectivity index (χ1) is 7.95. The summed E-state index contributed by atoms with van der Waals surface area (Å²) in [5.74, 6) is 0.944. The lowest BCUT2D eigenvalue weighted by Crippen LogP contribution is -2.27. The van der Waals surface area contributed by atoms with Crippen LogP contribution in [-0.2, 0) is 4.79 Å². The number of amides is 1. The van der Waals surface area contributed by atoms with Crippen molar-refractivity contribution in [2.45, 2.75) is 26.0 Å². The van der Waals surface area contributed by atoms with Crippen LogP contribution in [0, 0.1) is 12.8 Å². The molecule has 3 nitrogen and oxygen atoms in total. The predicted octanol–water partition coefficient (Wildman–Crippen LogP) is 2.90. The lowest BCUT2D eigenvalue weighted by atomic mass is 10.1. The highest BCUT2D eigenvalue weighted by atomic mass is 32.1. The average molecular weight is 253 g/mol. The van der Waals surface area contributed by atoms with E-state index >= 15 is 0 Å². The molecule has 1 rings (SSSR count). The van der Waals surface area contributed by atoms with E-state index in [1.54, 1.807) is 7.11 Å². The van der Waals surface area contributed by atoms with Crippen molar-refractivity contribution in [1.82, 2.24) is 0 Å². The molecule has 0 aliphatic carbocycles. The van der Waals surface area contributed by atoms with E-state index in [9.17, 15) is 4.79 Å². The second-order valence-corrected chi connectivity index (χ2v) is 4.92. The molecular weight excluding hydrogens is 234 g/mol. The molecule has 0 saturated carbocycles. The zero-order valence-electron chi connectivity index (χ0n) is 10.7. The van der Waals surface area contributed by atoms with E-state index in [0.717, 1.165) is 17.0 Å². The van der Waals surface area contributed by atoms with Crippen molar-refractivity contribution >= 4 is 24.2 Å². The lowest BCUT2D eigenvalue weighted by Gasteiger charge is -2.15. The number of hydrogen-bond acceptors (Lipinski definition) is 3. The van der Waals surface area contributed by atoms with E-state index in [4.69, 9.17) is 4.74 Å². The second kappa shape index (κ2) is 5.96. The van der Waals surface area contributed by atoms with Crippen LogP contribution in [0.25, 0.3) is 0 Å². The molecule has 1 aromatic rings. The number of nitrogens with one attached hydrogen (secondary N) is 1. The largest absolute Gasteiger partial charge is 0.496 e. The third-order valence-corrected chi connectivity index (χ3v) is 3.39. The molecule has 94 valence electrons. The summed E-state index contributed by atoms with van der Waals surface area (Å²) in [7, 11) is 1.63. The number of carbonyl (C=O) groups is 1. The topological polar surface area (TPSA) is 38.3 Å². The van der Waals surface area contributed by atoms with Crippen molar-refractivity contribution in [3.8, 4) is 5.75 Å². The Morgan fingerprint density at radius 1 is 1.41 bits per heavy atom. The minimum atomic E-state index is -0.294. The maximum atomic E-state index is 11.8. The summed E-state index contributed by atoms with van der Waals surface area (Å²) < 4.78 is 5.16. The van der Waals surface area contributed by atoms with Crippen molar-refractivity contribution < 1.29 is 9.53 Å². The fourth-order valence-electron chi connectivity index (χ4n) is 1.48. The van der Waals surface area contributed by atoms with Gasteiger partial charge in [-0.25, -0.2) is 0 Å². The summed E-state index contributed by atoms with van der Waals surface area (Å²) >= 11 is 4.28. The molecule has 0 aromatic heterocycles. The number of ether oxygens (including phenoxy) is 1. The van der Waals surface area contributed by atoms with Gasteiger partial charge in [0.2, 0.25) is 5.91 Å². The van der Waals surface area contributed by atoms with Crippen molar-refractivity contribution in [1.29, 1.82) is 0 Å². The van der Waals surface area contributed by atoms with Crippen LogP contribution in [0.2, 0.25) is 0 Å². The van der Waals surface area contributed by atoms with Crippen LogP contribution in [0.1, 0.15) is 19.4 Å². The third kappa shape index (κ3) is 3.66. The number of methoxy groups -OCH3 is 1. The Hall–Kier alpha value is -1.16. The maximum absolute atomic E-state index is 11.8. The zero-order valence-corrected chi connectivity index (χ0v) is 11.5. The van der Waals surface area contributed by atoms with E-state index in [2.05, 4.69) is 17.9 Å². The molecule has 17 heavy (non-hydrogen) atoms. The summed E-state index contributed by atoms with van der Waals surface area (Å²) in [5, 5.41) is 2.55. The van der Waals surface area contributed by atoms with Crippen LogP contribution in [0.3, 0.4) is 0 Å². The molecule has 0 radical (unpaired) electrons. The fraction of sp³-hybridized carbons (Fsp3) is 0.462. The van der Waals surface area contributed by atoms with Gasteiger partial charge in [0.15, 0.2) is 0 Å². The Balaban J connectivity index is 2.76. The Morgan fingerprint density at radius 2 is 2.06 bits per heavy atom. The van der Waals surface area contributed by atoms with Gasteiger partial charge in [-0.1, -0.05) is 13.8 Å². The molecule has 0 bridgehead atoms. The van der Waals surface area contributed by atoms with E-state index in [-0.39, 0.29) is 17.1 Å². The Bertz CT molecular complexity index is 404. The molecule has 0 saturated heterocycles. The van der Waals surface area contributed by atoms with Gasteiger partial charge in [-0.05, 0) is 36.6 Å². The molecule has 0 heterocycles. The minimum Gasteiger partial charge on any atom is -0.496 e. The van der Waals surface area contributed by atoms with Gasteiger partial charge in [0.25, 0.3) is 0 Å². The lowest BCUT2D eigenvalue weighted by molar-refractivity contribution is -0.116. The quantitative estimate of drug-likeness (QED) is 0.810. The number of benzene rings is 1. The van der Waals surface area contributed by atoms with Crippen LogP contribution in [-0.4, -0.2) is 18.3 Å². The molecule has 1 unspecified atom stereocenters. The van der Waals surface area contributed by atoms with Gasteiger partial charge in [0.05, 0.1) is 12.4 Å². The average Bonchev–Trinajstić information content (AvgIpc) is 2.28. The standard InChI is InChI=1S/C13H19NO2S/c1-8(2)12(17)13(15)14-10-5-6-11(16-4)9(3)7-10/h5-8,12,17H,1-4H3,(H,14,15). The first-order valence-corrected chi connectivity index (χ1v) is 6.11. The van der Waals surface area contributed by atoms with Crippen molar-refractivity contribution in [2.24, 2.45) is 5.92 Å². The van der Waals surface area contributed by atoms with Crippen molar-refractivity contribution in [3.05, 3.63) is 23.8 Å². The normalized spacial score (nSPS) is 12.4. The van der Waals surface area contributed by atoms with Gasteiger partial charge in [-0.3, -0.25) is 4.79 Å². The summed E-state index contributed by atoms with van der Waals surface area (Å²) in [6.45, 7) is 5.88. The Labute approximate surface area is 108 Å². The highest BCUT2D eigenvalue weighted by Crippen LogP contribution is 2.22. The molecule has 1 N–H and O–H groups in total. The van der Waals surface area contributed by atoms with Crippen LogP contribution < -0.4 is 10.1 Å². The van der Waals surface area contributed by atoms with E-state index < -0.39 is 0 Å². The molecule has 0 fully saturated rings. The van der Waals surface area contributed by atoms with E-state index in [0.29, 0.717) is 0 Å². The number of thiol groups is 1. The molecule has 0 aliphatic rings.